The van der Waals surface area contributed by atoms with E-state index in [2.05, 4.69) is 9.97 Å². The molecular formula is C18H20FN3O2. The van der Waals surface area contributed by atoms with E-state index in [1.807, 2.05) is 25.8 Å². The lowest BCUT2D eigenvalue weighted by atomic mass is 9.92. The lowest BCUT2D eigenvalue weighted by molar-refractivity contribution is -0.139. The van der Waals surface area contributed by atoms with Gasteiger partial charge in [-0.3, -0.25) is 4.79 Å². The largest absolute Gasteiger partial charge is 0.481 e. The molecule has 0 saturated heterocycles. The van der Waals surface area contributed by atoms with Gasteiger partial charge in [0.25, 0.3) is 0 Å². The van der Waals surface area contributed by atoms with Gasteiger partial charge in [-0.05, 0) is 38.0 Å². The number of carbonyl (C=O) groups is 1. The molecule has 1 saturated carbocycles. The number of benzene rings is 1. The van der Waals surface area contributed by atoms with Gasteiger partial charge < -0.3 is 10.0 Å². The van der Waals surface area contributed by atoms with Crippen LogP contribution in [0, 0.1) is 25.6 Å². The van der Waals surface area contributed by atoms with Crippen LogP contribution in [0.4, 0.5) is 10.1 Å². The van der Waals surface area contributed by atoms with Crippen LogP contribution in [0.15, 0.2) is 30.5 Å². The molecule has 1 aliphatic rings. The molecule has 126 valence electrons. The van der Waals surface area contributed by atoms with Crippen molar-refractivity contribution in [3.63, 3.8) is 0 Å². The first-order chi connectivity index (χ1) is 11.3. The zero-order valence-electron chi connectivity index (χ0n) is 14.0. The van der Waals surface area contributed by atoms with Crippen LogP contribution in [-0.4, -0.2) is 34.6 Å². The Morgan fingerprint density at radius 3 is 2.79 bits per heavy atom. The van der Waals surface area contributed by atoms with Crippen molar-refractivity contribution in [3.05, 3.63) is 53.4 Å². The van der Waals surface area contributed by atoms with Crippen LogP contribution >= 0.6 is 0 Å². The van der Waals surface area contributed by atoms with Gasteiger partial charge in [0.05, 0.1) is 23.5 Å². The fraction of sp³-hybridized carbons (Fsp3) is 0.389. The summed E-state index contributed by atoms with van der Waals surface area (Å²) < 4.78 is 13.6. The first-order valence-corrected chi connectivity index (χ1v) is 7.84. The minimum atomic E-state index is -0.843. The normalized spacial score (nSPS) is 22.2. The van der Waals surface area contributed by atoms with Crippen molar-refractivity contribution >= 4 is 11.7 Å². The van der Waals surface area contributed by atoms with E-state index in [4.69, 9.17) is 0 Å². The van der Waals surface area contributed by atoms with Crippen LogP contribution in [0.5, 0.6) is 0 Å². The van der Waals surface area contributed by atoms with E-state index in [1.165, 1.54) is 12.1 Å². The molecule has 1 fully saturated rings. The van der Waals surface area contributed by atoms with Gasteiger partial charge in [-0.2, -0.15) is 0 Å². The fourth-order valence-electron chi connectivity index (χ4n) is 3.47. The quantitative estimate of drug-likeness (QED) is 0.913. The number of carboxylic acid groups (broad SMARTS) is 1. The number of aliphatic carboxylic acids is 1. The molecule has 0 spiro atoms. The third kappa shape index (κ3) is 2.84. The topological polar surface area (TPSA) is 66.3 Å². The Bertz CT molecular complexity index is 796. The van der Waals surface area contributed by atoms with E-state index in [0.717, 1.165) is 16.9 Å². The first-order valence-electron chi connectivity index (χ1n) is 7.84. The molecule has 1 aliphatic carbocycles. The zero-order chi connectivity index (χ0) is 17.5. The number of aromatic nitrogens is 2. The van der Waals surface area contributed by atoms with E-state index in [1.54, 1.807) is 18.3 Å². The number of hydrogen-bond donors (Lipinski definition) is 1. The summed E-state index contributed by atoms with van der Waals surface area (Å²) >= 11 is 0. The maximum Gasteiger partial charge on any atom is 0.307 e. The molecule has 1 aromatic heterocycles. The van der Waals surface area contributed by atoms with Gasteiger partial charge in [0.15, 0.2) is 0 Å². The van der Waals surface area contributed by atoms with E-state index in [-0.39, 0.29) is 5.82 Å². The monoisotopic (exact) mass is 329 g/mol. The number of aryl methyl sites for hydroxylation is 2. The van der Waals surface area contributed by atoms with Crippen molar-refractivity contribution in [1.29, 1.82) is 0 Å². The molecule has 5 nitrogen and oxygen atoms in total. The van der Waals surface area contributed by atoms with Crippen LogP contribution in [0.1, 0.15) is 23.5 Å². The SMILES string of the molecule is Cc1ncc(N(C)C[C@@]2(c3cccc(F)c3)CC2C(=O)O)c(C)n1. The van der Waals surface area contributed by atoms with Crippen molar-refractivity contribution in [1.82, 2.24) is 9.97 Å². The minimum Gasteiger partial charge on any atom is -0.481 e. The Kier molecular flexibility index (Phi) is 3.99. The standard InChI is InChI=1S/C18H20FN3O2/c1-11-16(9-20-12(2)21-11)22(3)10-18(8-15(18)17(23)24)13-5-4-6-14(19)7-13/h4-7,9,15H,8,10H2,1-3H3,(H,23,24)/t15?,18-/m1/s1. The molecule has 2 atom stereocenters. The Balaban J connectivity index is 1.92. The highest BCUT2D eigenvalue weighted by molar-refractivity contribution is 5.77. The number of nitrogens with zero attached hydrogens (tertiary/aromatic N) is 3. The average molecular weight is 329 g/mol. The molecule has 0 aliphatic heterocycles. The van der Waals surface area contributed by atoms with E-state index in [9.17, 15) is 14.3 Å². The lowest BCUT2D eigenvalue weighted by Crippen LogP contribution is -2.32. The van der Waals surface area contributed by atoms with Crippen molar-refractivity contribution < 1.29 is 14.3 Å². The van der Waals surface area contributed by atoms with Crippen LogP contribution in [0.2, 0.25) is 0 Å². The summed E-state index contributed by atoms with van der Waals surface area (Å²) in [6, 6.07) is 6.24. The van der Waals surface area contributed by atoms with Crippen LogP contribution in [-0.2, 0) is 10.2 Å². The summed E-state index contributed by atoms with van der Waals surface area (Å²) in [5, 5.41) is 9.46. The van der Waals surface area contributed by atoms with Crippen molar-refractivity contribution in [2.24, 2.45) is 5.92 Å². The van der Waals surface area contributed by atoms with Gasteiger partial charge in [0, 0.05) is 19.0 Å². The van der Waals surface area contributed by atoms with Gasteiger partial charge in [-0.15, -0.1) is 0 Å². The summed E-state index contributed by atoms with van der Waals surface area (Å²) in [6.45, 7) is 4.20. The number of hydrogen-bond acceptors (Lipinski definition) is 4. The molecule has 0 radical (unpaired) electrons. The molecule has 2 aromatic rings. The molecule has 6 heteroatoms. The molecule has 3 rings (SSSR count). The highest BCUT2D eigenvalue weighted by Gasteiger charge is 2.60. The molecule has 1 N–H and O–H groups in total. The molecule has 24 heavy (non-hydrogen) atoms. The maximum absolute atomic E-state index is 13.6. The fourth-order valence-corrected chi connectivity index (χ4v) is 3.47. The van der Waals surface area contributed by atoms with Crippen LogP contribution in [0.3, 0.4) is 0 Å². The van der Waals surface area contributed by atoms with E-state index >= 15 is 0 Å². The molecule has 1 unspecified atom stereocenters. The highest BCUT2D eigenvalue weighted by atomic mass is 19.1. The number of likely N-dealkylation sites (N-methyl/N-ethyl adjacent to an activating group) is 1. The number of halogens is 1. The number of rotatable bonds is 5. The summed E-state index contributed by atoms with van der Waals surface area (Å²) in [6.07, 6.45) is 2.25. The Morgan fingerprint density at radius 2 is 2.21 bits per heavy atom. The van der Waals surface area contributed by atoms with Gasteiger partial charge in [-0.1, -0.05) is 12.1 Å². The van der Waals surface area contributed by atoms with Crippen LogP contribution in [0.25, 0.3) is 0 Å². The summed E-state index contributed by atoms with van der Waals surface area (Å²) in [5.74, 6) is -1.00. The average Bonchev–Trinajstić information content (AvgIpc) is 3.23. The zero-order valence-corrected chi connectivity index (χ0v) is 14.0. The Labute approximate surface area is 140 Å². The van der Waals surface area contributed by atoms with E-state index in [0.29, 0.717) is 18.8 Å². The molecule has 0 bridgehead atoms. The third-order valence-corrected chi connectivity index (χ3v) is 4.78. The predicted octanol–water partition coefficient (Wildman–Crippen LogP) is 2.71. The Morgan fingerprint density at radius 1 is 1.46 bits per heavy atom. The van der Waals surface area contributed by atoms with Crippen LogP contribution < -0.4 is 4.90 Å². The van der Waals surface area contributed by atoms with Crippen molar-refractivity contribution in [2.45, 2.75) is 25.7 Å². The maximum atomic E-state index is 13.6. The summed E-state index contributed by atoms with van der Waals surface area (Å²) in [5.41, 5.74) is 1.84. The third-order valence-electron chi connectivity index (χ3n) is 4.78. The number of anilines is 1. The minimum absolute atomic E-state index is 0.347. The van der Waals surface area contributed by atoms with Gasteiger partial charge in [0.1, 0.15) is 11.6 Å². The van der Waals surface area contributed by atoms with E-state index < -0.39 is 17.3 Å². The second-order valence-corrected chi connectivity index (χ2v) is 6.51. The first kappa shape index (κ1) is 16.4. The summed E-state index contributed by atoms with van der Waals surface area (Å²) in [7, 11) is 1.89. The van der Waals surface area contributed by atoms with Crippen molar-refractivity contribution in [3.8, 4) is 0 Å². The van der Waals surface area contributed by atoms with Gasteiger partial charge >= 0.3 is 5.97 Å². The van der Waals surface area contributed by atoms with Gasteiger partial charge in [0.2, 0.25) is 0 Å². The number of carboxylic acids is 1. The predicted molar refractivity (Wildman–Crippen MR) is 88.6 cm³/mol. The second-order valence-electron chi connectivity index (χ2n) is 6.51. The van der Waals surface area contributed by atoms with Gasteiger partial charge in [-0.25, -0.2) is 14.4 Å². The smallest absolute Gasteiger partial charge is 0.307 e. The highest BCUT2D eigenvalue weighted by Crippen LogP contribution is 2.55. The summed E-state index contributed by atoms with van der Waals surface area (Å²) in [4.78, 5) is 22.1. The molecule has 0 amide bonds. The van der Waals surface area contributed by atoms with Crippen molar-refractivity contribution in [2.75, 3.05) is 18.5 Å². The Hall–Kier alpha value is -2.50. The lowest BCUT2D eigenvalue weighted by Gasteiger charge is -2.27. The molecule has 1 aromatic carbocycles. The second kappa shape index (κ2) is 5.85. The molecule has 1 heterocycles. The molecular weight excluding hydrogens is 309 g/mol.